The fraction of sp³-hybridized carbons (Fsp3) is 0.333. The summed E-state index contributed by atoms with van der Waals surface area (Å²) in [6, 6.07) is 0. The first kappa shape index (κ1) is 20.6. The third kappa shape index (κ3) is 4.17. The second kappa shape index (κ2) is 8.92. The van der Waals surface area contributed by atoms with Crippen LogP contribution >= 0.6 is 0 Å². The van der Waals surface area contributed by atoms with Crippen molar-refractivity contribution in [2.45, 2.75) is 31.5 Å². The molecule has 3 rings (SSSR count). The fourth-order valence-corrected chi connectivity index (χ4v) is 2.92. The van der Waals surface area contributed by atoms with E-state index < -0.39 is 31.1 Å². The molecule has 1 saturated heterocycles. The van der Waals surface area contributed by atoms with Crippen molar-refractivity contribution in [1.29, 1.82) is 0 Å². The molecule has 1 aliphatic rings. The molecule has 154 valence electrons. The molecule has 11 nitrogen and oxygen atoms in total. The summed E-state index contributed by atoms with van der Waals surface area (Å²) in [5.41, 5.74) is 10.0. The van der Waals surface area contributed by atoms with Crippen LogP contribution < -0.4 is 11.2 Å². The van der Waals surface area contributed by atoms with E-state index >= 15 is 0 Å². The number of hydrazone groups is 1. The van der Waals surface area contributed by atoms with Gasteiger partial charge < -0.3 is 25.8 Å². The zero-order valence-corrected chi connectivity index (χ0v) is 15.8. The molecule has 0 radical (unpaired) electrons. The minimum absolute atomic E-state index is 0.105. The zero-order chi connectivity index (χ0) is 21.0. The van der Waals surface area contributed by atoms with Crippen molar-refractivity contribution < 1.29 is 20.1 Å². The summed E-state index contributed by atoms with van der Waals surface area (Å²) in [5, 5.41) is 33.6. The van der Waals surface area contributed by atoms with Gasteiger partial charge in [-0.15, -0.1) is 0 Å². The van der Waals surface area contributed by atoms with Crippen LogP contribution in [-0.4, -0.2) is 66.0 Å². The Morgan fingerprint density at radius 1 is 1.41 bits per heavy atom. The number of hydrogen-bond donors (Lipinski definition) is 5. The van der Waals surface area contributed by atoms with Gasteiger partial charge in [-0.1, -0.05) is 30.9 Å². The number of hydrogen-bond acceptors (Lipinski definition) is 10. The lowest BCUT2D eigenvalue weighted by molar-refractivity contribution is -0.0511. The third-order valence-corrected chi connectivity index (χ3v) is 4.29. The van der Waals surface area contributed by atoms with Gasteiger partial charge in [0.15, 0.2) is 17.7 Å². The number of nitrogens with two attached hydrogens (primary N) is 1. The number of nitrogen functional groups attached to an aromatic ring is 1. The molecule has 3 heterocycles. The Morgan fingerprint density at radius 3 is 2.86 bits per heavy atom. The Bertz CT molecular complexity index is 969. The summed E-state index contributed by atoms with van der Waals surface area (Å²) in [5.74, 6) is 0.215. The molecule has 29 heavy (non-hydrogen) atoms. The SMILES string of the molecule is C=C/C=C(\C=C/C)/C=N/Nc1nc(N)c2ncn(C3OC(CO)C(O)C3O)c2n1. The maximum atomic E-state index is 10.3. The molecule has 0 aliphatic carbocycles. The highest BCUT2D eigenvalue weighted by molar-refractivity contribution is 5.84. The molecule has 6 N–H and O–H groups in total. The number of aliphatic hydroxyl groups excluding tert-OH is 3. The molecular formula is C18H23N7O4. The van der Waals surface area contributed by atoms with Crippen LogP contribution in [0.3, 0.4) is 0 Å². The molecule has 1 fully saturated rings. The van der Waals surface area contributed by atoms with Crippen molar-refractivity contribution in [2.75, 3.05) is 17.8 Å². The van der Waals surface area contributed by atoms with Gasteiger partial charge >= 0.3 is 0 Å². The topological polar surface area (TPSA) is 164 Å². The van der Waals surface area contributed by atoms with Crippen LogP contribution in [0.25, 0.3) is 11.2 Å². The van der Waals surface area contributed by atoms with Gasteiger partial charge in [0.25, 0.3) is 0 Å². The van der Waals surface area contributed by atoms with Gasteiger partial charge in [-0.2, -0.15) is 15.1 Å². The molecule has 0 saturated carbocycles. The number of aromatic nitrogens is 4. The average Bonchev–Trinajstić information content (AvgIpc) is 3.24. The van der Waals surface area contributed by atoms with E-state index in [9.17, 15) is 15.3 Å². The molecular weight excluding hydrogens is 378 g/mol. The average molecular weight is 401 g/mol. The second-order valence-electron chi connectivity index (χ2n) is 6.26. The number of fused-ring (bicyclic) bond motifs is 1. The van der Waals surface area contributed by atoms with Crippen LogP contribution in [0.2, 0.25) is 0 Å². The summed E-state index contributed by atoms with van der Waals surface area (Å²) in [7, 11) is 0. The number of ether oxygens (including phenoxy) is 1. The minimum atomic E-state index is -1.28. The Labute approximate surface area is 166 Å². The predicted octanol–water partition coefficient (Wildman–Crippen LogP) is 0.106. The molecule has 0 amide bonds. The fourth-order valence-electron chi connectivity index (χ4n) is 2.92. The summed E-state index contributed by atoms with van der Waals surface area (Å²) in [4.78, 5) is 12.6. The molecule has 1 aliphatic heterocycles. The molecule has 4 atom stereocenters. The van der Waals surface area contributed by atoms with Gasteiger partial charge in [0.05, 0.1) is 19.1 Å². The van der Waals surface area contributed by atoms with Crippen molar-refractivity contribution in [2.24, 2.45) is 5.10 Å². The summed E-state index contributed by atoms with van der Waals surface area (Å²) in [6.45, 7) is 5.10. The van der Waals surface area contributed by atoms with Crippen LogP contribution in [0, 0.1) is 0 Å². The second-order valence-corrected chi connectivity index (χ2v) is 6.26. The number of rotatable bonds is 7. The molecule has 0 aromatic carbocycles. The molecule has 0 bridgehead atoms. The predicted molar refractivity (Wildman–Crippen MR) is 108 cm³/mol. The van der Waals surface area contributed by atoms with Crippen molar-refractivity contribution in [3.63, 3.8) is 0 Å². The number of imidazole rings is 1. The van der Waals surface area contributed by atoms with Gasteiger partial charge in [-0.3, -0.25) is 4.57 Å². The van der Waals surface area contributed by atoms with E-state index in [-0.39, 0.29) is 17.4 Å². The van der Waals surface area contributed by atoms with E-state index in [2.05, 4.69) is 32.1 Å². The summed E-state index contributed by atoms with van der Waals surface area (Å²) in [6.07, 6.45) is 5.64. The maximum Gasteiger partial charge on any atom is 0.247 e. The highest BCUT2D eigenvalue weighted by Crippen LogP contribution is 2.32. The van der Waals surface area contributed by atoms with Crippen LogP contribution in [0.15, 0.2) is 47.9 Å². The molecule has 0 spiro atoms. The molecule has 2 aromatic rings. The van der Waals surface area contributed by atoms with Crippen molar-refractivity contribution >= 4 is 29.1 Å². The lowest BCUT2D eigenvalue weighted by Crippen LogP contribution is -2.33. The van der Waals surface area contributed by atoms with Gasteiger partial charge in [-0.25, -0.2) is 10.4 Å². The van der Waals surface area contributed by atoms with Crippen molar-refractivity contribution in [3.05, 3.63) is 42.8 Å². The first-order chi connectivity index (χ1) is 14.0. The summed E-state index contributed by atoms with van der Waals surface area (Å²) >= 11 is 0. The lowest BCUT2D eigenvalue weighted by Gasteiger charge is -2.16. The van der Waals surface area contributed by atoms with Crippen LogP contribution in [0.5, 0.6) is 0 Å². The largest absolute Gasteiger partial charge is 0.394 e. The number of anilines is 2. The van der Waals surface area contributed by atoms with Crippen molar-refractivity contribution in [3.8, 4) is 0 Å². The van der Waals surface area contributed by atoms with Gasteiger partial charge in [0, 0.05) is 0 Å². The highest BCUT2D eigenvalue weighted by atomic mass is 16.6. The first-order valence-electron chi connectivity index (χ1n) is 8.87. The van der Waals surface area contributed by atoms with Crippen LogP contribution in [0.4, 0.5) is 11.8 Å². The Balaban J connectivity index is 1.89. The zero-order valence-electron chi connectivity index (χ0n) is 15.8. The lowest BCUT2D eigenvalue weighted by atomic mass is 10.1. The highest BCUT2D eigenvalue weighted by Gasteiger charge is 2.44. The standard InChI is InChI=1S/C18H23N7O4/c1-3-5-10(6-4-2)7-21-24-18-22-15(19)12-16(23-18)25(9-20-12)17-14(28)13(27)11(8-26)29-17/h3-7,9,11,13-14,17,26-28H,1,8H2,2H3,(H3,19,22,23,24)/b6-4-,10-5+,21-7+. The third-order valence-electron chi connectivity index (χ3n) is 4.29. The molecule has 2 aromatic heterocycles. The van der Waals surface area contributed by atoms with E-state index in [0.717, 1.165) is 5.57 Å². The number of nitrogens with one attached hydrogen (secondary N) is 1. The van der Waals surface area contributed by atoms with E-state index in [1.54, 1.807) is 18.4 Å². The summed E-state index contributed by atoms with van der Waals surface area (Å²) < 4.78 is 6.96. The van der Waals surface area contributed by atoms with E-state index in [1.165, 1.54) is 10.9 Å². The number of nitrogens with zero attached hydrogens (tertiary/aromatic N) is 5. The minimum Gasteiger partial charge on any atom is -0.394 e. The Morgan fingerprint density at radius 2 is 2.21 bits per heavy atom. The quantitative estimate of drug-likeness (QED) is 0.246. The smallest absolute Gasteiger partial charge is 0.247 e. The monoisotopic (exact) mass is 401 g/mol. The number of allylic oxidation sites excluding steroid dienone is 5. The van der Waals surface area contributed by atoms with E-state index in [1.807, 2.05) is 19.1 Å². The van der Waals surface area contributed by atoms with Gasteiger partial charge in [0.2, 0.25) is 5.95 Å². The van der Waals surface area contributed by atoms with Gasteiger partial charge in [0.1, 0.15) is 23.8 Å². The Hall–Kier alpha value is -3.12. The van der Waals surface area contributed by atoms with E-state index in [0.29, 0.717) is 5.52 Å². The van der Waals surface area contributed by atoms with Crippen molar-refractivity contribution in [1.82, 2.24) is 19.5 Å². The number of aliphatic hydroxyl groups is 3. The van der Waals surface area contributed by atoms with Gasteiger partial charge in [-0.05, 0) is 12.5 Å². The maximum absolute atomic E-state index is 10.3. The molecule has 11 heteroatoms. The molecule has 4 unspecified atom stereocenters. The van der Waals surface area contributed by atoms with Crippen LogP contribution in [-0.2, 0) is 4.74 Å². The van der Waals surface area contributed by atoms with Crippen LogP contribution in [0.1, 0.15) is 13.2 Å². The first-order valence-corrected chi connectivity index (χ1v) is 8.87. The Kier molecular flexibility index (Phi) is 6.34. The normalized spacial score (nSPS) is 25.4. The van der Waals surface area contributed by atoms with E-state index in [4.69, 9.17) is 10.5 Å².